The molecule has 0 spiro atoms. The first-order chi connectivity index (χ1) is 12.9. The van der Waals surface area contributed by atoms with Crippen molar-refractivity contribution in [3.63, 3.8) is 0 Å². The van der Waals surface area contributed by atoms with Crippen molar-refractivity contribution in [2.45, 2.75) is 44.4 Å². The van der Waals surface area contributed by atoms with Gasteiger partial charge < -0.3 is 24.9 Å². The Labute approximate surface area is 157 Å². The van der Waals surface area contributed by atoms with Crippen molar-refractivity contribution in [3.05, 3.63) is 18.5 Å². The highest BCUT2D eigenvalue weighted by Gasteiger charge is 2.27. The van der Waals surface area contributed by atoms with E-state index in [1.807, 2.05) is 17.6 Å². The Morgan fingerprint density at radius 3 is 2.93 bits per heavy atom. The second-order valence-corrected chi connectivity index (χ2v) is 9.67. The molecule has 0 aromatic carbocycles. The molecular formula is C17H25N6O3P. The lowest BCUT2D eigenvalue weighted by molar-refractivity contribution is 0.107. The quantitative estimate of drug-likeness (QED) is 0.520. The molecule has 4 rings (SSSR count). The molecule has 0 saturated heterocycles. The third-order valence-electron chi connectivity index (χ3n) is 4.66. The number of hydrogen-bond donors (Lipinski definition) is 2. The number of nitrogen functional groups attached to an aromatic ring is 1. The molecule has 146 valence electrons. The van der Waals surface area contributed by atoms with Crippen LogP contribution >= 0.6 is 7.37 Å². The van der Waals surface area contributed by atoms with Gasteiger partial charge in [-0.1, -0.05) is 12.2 Å². The topological polar surface area (TPSA) is 117 Å². The lowest BCUT2D eigenvalue weighted by Crippen LogP contribution is -2.13. The predicted molar refractivity (Wildman–Crippen MR) is 104 cm³/mol. The molecule has 1 fully saturated rings. The highest BCUT2D eigenvalue weighted by Crippen LogP contribution is 2.43. The van der Waals surface area contributed by atoms with Gasteiger partial charge in [0.05, 0.1) is 25.1 Å². The molecule has 27 heavy (non-hydrogen) atoms. The van der Waals surface area contributed by atoms with Crippen molar-refractivity contribution < 1.29 is 13.8 Å². The molecule has 0 bridgehead atoms. The van der Waals surface area contributed by atoms with Crippen molar-refractivity contribution in [3.8, 4) is 0 Å². The maximum absolute atomic E-state index is 12.2. The monoisotopic (exact) mass is 392 g/mol. The first kappa shape index (κ1) is 18.4. The molecule has 2 heterocycles. The number of nitrogens with zero attached hydrogens (tertiary/aromatic N) is 4. The van der Waals surface area contributed by atoms with Crippen molar-refractivity contribution in [1.29, 1.82) is 0 Å². The highest BCUT2D eigenvalue weighted by atomic mass is 31.2. The van der Waals surface area contributed by atoms with E-state index in [1.165, 1.54) is 0 Å². The Balaban J connectivity index is 1.48. The molecule has 2 aromatic heterocycles. The minimum Gasteiger partial charge on any atom is -0.368 e. The fourth-order valence-electron chi connectivity index (χ4n) is 3.22. The van der Waals surface area contributed by atoms with Gasteiger partial charge in [-0.05, 0) is 19.8 Å². The van der Waals surface area contributed by atoms with E-state index in [9.17, 15) is 4.57 Å². The van der Waals surface area contributed by atoms with Crippen LogP contribution in [-0.2, 0) is 13.8 Å². The summed E-state index contributed by atoms with van der Waals surface area (Å²) >= 11 is 0. The third kappa shape index (κ3) is 4.15. The number of nitrogens with one attached hydrogen (secondary N) is 1. The summed E-state index contributed by atoms with van der Waals surface area (Å²) in [5.74, 6) is 0.919. The summed E-state index contributed by atoms with van der Waals surface area (Å²) in [6, 6.07) is 0.498. The summed E-state index contributed by atoms with van der Waals surface area (Å²) in [4.78, 5) is 13.2. The minimum atomic E-state index is -2.71. The van der Waals surface area contributed by atoms with Crippen molar-refractivity contribution in [2.75, 3.05) is 30.7 Å². The molecule has 2 aliphatic carbocycles. The smallest absolute Gasteiger partial charge is 0.225 e. The zero-order valence-corrected chi connectivity index (χ0v) is 16.4. The Kier molecular flexibility index (Phi) is 4.92. The lowest BCUT2D eigenvalue weighted by Gasteiger charge is -2.18. The molecule has 0 radical (unpaired) electrons. The van der Waals surface area contributed by atoms with E-state index in [-0.39, 0.29) is 24.4 Å². The summed E-state index contributed by atoms with van der Waals surface area (Å²) in [6.45, 7) is 3.84. The highest BCUT2D eigenvalue weighted by molar-refractivity contribution is 7.57. The van der Waals surface area contributed by atoms with Gasteiger partial charge in [-0.3, -0.25) is 4.57 Å². The van der Waals surface area contributed by atoms with Crippen LogP contribution in [0.1, 0.15) is 32.2 Å². The van der Waals surface area contributed by atoms with Crippen LogP contribution in [0.5, 0.6) is 0 Å². The van der Waals surface area contributed by atoms with Crippen molar-refractivity contribution in [1.82, 2.24) is 19.5 Å². The van der Waals surface area contributed by atoms with Gasteiger partial charge in [0, 0.05) is 19.1 Å². The van der Waals surface area contributed by atoms with Gasteiger partial charge in [0.15, 0.2) is 17.0 Å². The predicted octanol–water partition coefficient (Wildman–Crippen LogP) is 2.77. The van der Waals surface area contributed by atoms with E-state index < -0.39 is 7.37 Å². The summed E-state index contributed by atoms with van der Waals surface area (Å²) in [5.41, 5.74) is 7.34. The zero-order chi connectivity index (χ0) is 19.0. The Hall–Kier alpha value is -1.96. The molecule has 3 atom stereocenters. The summed E-state index contributed by atoms with van der Waals surface area (Å²) in [5, 5.41) is 3.37. The van der Waals surface area contributed by atoms with E-state index in [0.717, 1.165) is 18.4 Å². The summed E-state index contributed by atoms with van der Waals surface area (Å²) in [6.07, 6.45) is 8.78. The zero-order valence-electron chi connectivity index (χ0n) is 15.5. The Morgan fingerprint density at radius 1 is 1.37 bits per heavy atom. The molecule has 2 aliphatic rings. The lowest BCUT2D eigenvalue weighted by atomic mass is 10.2. The number of anilines is 2. The molecule has 9 nitrogen and oxygen atoms in total. The molecule has 1 saturated carbocycles. The van der Waals surface area contributed by atoms with Crippen LogP contribution < -0.4 is 11.1 Å². The minimum absolute atomic E-state index is 0.0476. The molecule has 0 aliphatic heterocycles. The number of rotatable bonds is 8. The van der Waals surface area contributed by atoms with Gasteiger partial charge in [-0.15, -0.1) is 0 Å². The molecule has 2 aromatic rings. The van der Waals surface area contributed by atoms with E-state index in [0.29, 0.717) is 30.5 Å². The van der Waals surface area contributed by atoms with Crippen LogP contribution in [0.15, 0.2) is 18.5 Å². The number of aromatic nitrogens is 4. The van der Waals surface area contributed by atoms with E-state index >= 15 is 0 Å². The van der Waals surface area contributed by atoms with Gasteiger partial charge in [-0.25, -0.2) is 4.98 Å². The molecular weight excluding hydrogens is 367 g/mol. The van der Waals surface area contributed by atoms with E-state index in [4.69, 9.17) is 15.0 Å². The van der Waals surface area contributed by atoms with Crippen molar-refractivity contribution in [2.24, 2.45) is 0 Å². The van der Waals surface area contributed by atoms with Crippen LogP contribution in [0.4, 0.5) is 11.8 Å². The number of nitrogens with two attached hydrogens (primary N) is 1. The molecule has 3 unspecified atom stereocenters. The van der Waals surface area contributed by atoms with Crippen LogP contribution in [-0.4, -0.2) is 51.3 Å². The Bertz CT molecular complexity index is 909. The van der Waals surface area contributed by atoms with Crippen LogP contribution in [0.2, 0.25) is 0 Å². The second-order valence-electron chi connectivity index (χ2n) is 7.13. The van der Waals surface area contributed by atoms with Gasteiger partial charge >= 0.3 is 0 Å². The van der Waals surface area contributed by atoms with Gasteiger partial charge in [-0.2, -0.15) is 9.97 Å². The van der Waals surface area contributed by atoms with Gasteiger partial charge in [0.1, 0.15) is 6.35 Å². The Morgan fingerprint density at radius 2 is 2.19 bits per heavy atom. The SMILES string of the molecule is CCOP(C)(=O)COC1C=CC(n2cnc3c(NC4CC4)nc(N)nc32)C1. The third-order valence-corrected chi connectivity index (χ3v) is 6.08. The van der Waals surface area contributed by atoms with E-state index in [2.05, 4.69) is 26.3 Å². The first-order valence-electron chi connectivity index (χ1n) is 9.23. The van der Waals surface area contributed by atoms with Crippen LogP contribution in [0, 0.1) is 0 Å². The fourth-order valence-corrected chi connectivity index (χ4v) is 4.30. The number of fused-ring (bicyclic) bond motifs is 1. The standard InChI is InChI=1S/C17H25N6O3P/c1-3-26-27(2,24)10-25-13-7-6-12(8-13)23-9-19-14-15(20-11-4-5-11)21-17(18)22-16(14)23/h6-7,9,11-13H,3-5,8,10H2,1-2H3,(H3,18,20,21,22). The number of imidazole rings is 1. The number of hydrogen-bond acceptors (Lipinski definition) is 8. The normalized spacial score (nSPS) is 24.4. The number of allylic oxidation sites excluding steroid dienone is 1. The molecule has 0 amide bonds. The number of ether oxygens (including phenoxy) is 1. The van der Waals surface area contributed by atoms with Gasteiger partial charge in [0.2, 0.25) is 13.3 Å². The average Bonchev–Trinajstić information content (AvgIpc) is 3.14. The average molecular weight is 392 g/mol. The maximum Gasteiger partial charge on any atom is 0.225 e. The molecule has 3 N–H and O–H groups in total. The van der Waals surface area contributed by atoms with E-state index in [1.54, 1.807) is 13.0 Å². The van der Waals surface area contributed by atoms with Crippen molar-refractivity contribution >= 4 is 30.3 Å². The van der Waals surface area contributed by atoms with Gasteiger partial charge in [0.25, 0.3) is 0 Å². The largest absolute Gasteiger partial charge is 0.368 e. The maximum atomic E-state index is 12.2. The summed E-state index contributed by atoms with van der Waals surface area (Å²) in [7, 11) is -2.71. The molecule has 10 heteroatoms. The fraction of sp³-hybridized carbons (Fsp3) is 0.588. The van der Waals surface area contributed by atoms with Crippen LogP contribution in [0.3, 0.4) is 0 Å². The second kappa shape index (κ2) is 7.22. The van der Waals surface area contributed by atoms with Crippen LogP contribution in [0.25, 0.3) is 11.2 Å². The first-order valence-corrected chi connectivity index (χ1v) is 11.5. The summed E-state index contributed by atoms with van der Waals surface area (Å²) < 4.78 is 25.2.